The predicted octanol–water partition coefficient (Wildman–Crippen LogP) is 6.12. The van der Waals surface area contributed by atoms with Crippen LogP contribution in [0.3, 0.4) is 0 Å². The van der Waals surface area contributed by atoms with Gasteiger partial charge in [-0.3, -0.25) is 43.6 Å². The number of anilines is 5. The van der Waals surface area contributed by atoms with E-state index >= 15 is 0 Å². The van der Waals surface area contributed by atoms with Crippen molar-refractivity contribution in [3.05, 3.63) is 94.0 Å². The van der Waals surface area contributed by atoms with Gasteiger partial charge in [0.05, 0.1) is 51.0 Å². The number of benzene rings is 3. The second kappa shape index (κ2) is 20.2. The van der Waals surface area contributed by atoms with Crippen LogP contribution in [0.1, 0.15) is 37.3 Å². The summed E-state index contributed by atoms with van der Waals surface area (Å²) in [5.74, 6) is 0.672. The zero-order chi connectivity index (χ0) is 48.4. The second-order valence-corrected chi connectivity index (χ2v) is 21.7. The molecule has 0 aliphatic carbocycles. The van der Waals surface area contributed by atoms with Crippen molar-refractivity contribution < 1.29 is 23.6 Å². The Morgan fingerprint density at radius 1 is 0.928 bits per heavy atom. The first-order chi connectivity index (χ1) is 33.3. The van der Waals surface area contributed by atoms with E-state index in [2.05, 4.69) is 73.9 Å². The van der Waals surface area contributed by atoms with Gasteiger partial charge in [0.25, 0.3) is 0 Å². The molecule has 360 valence electrons. The van der Waals surface area contributed by atoms with Crippen LogP contribution in [0, 0.1) is 0 Å². The van der Waals surface area contributed by atoms with Crippen molar-refractivity contribution in [2.75, 3.05) is 81.9 Å². The highest BCUT2D eigenvalue weighted by molar-refractivity contribution is 9.10. The summed E-state index contributed by atoms with van der Waals surface area (Å²) in [6.07, 6.45) is 11.6. The molecule has 0 saturated carbocycles. The molecule has 2 aliphatic rings. The number of carbonyl (C=O) groups is 2. The van der Waals surface area contributed by atoms with Gasteiger partial charge >= 0.3 is 5.69 Å². The lowest BCUT2D eigenvalue weighted by Gasteiger charge is -2.37. The van der Waals surface area contributed by atoms with Crippen LogP contribution in [-0.2, 0) is 39.4 Å². The normalized spacial score (nSPS) is 15.8. The molecule has 1 unspecified atom stereocenters. The lowest BCUT2D eigenvalue weighted by Crippen LogP contribution is -2.47. The molecule has 0 bridgehead atoms. The number of methoxy groups -OCH3 is 1. The van der Waals surface area contributed by atoms with Gasteiger partial charge in [0.1, 0.15) is 30.3 Å². The summed E-state index contributed by atoms with van der Waals surface area (Å²) in [5, 5.41) is 14.2. The minimum atomic E-state index is -2.81. The average Bonchev–Trinajstić information content (AvgIpc) is 3.88. The number of aryl methyl sites for hydroxylation is 3. The Labute approximate surface area is 407 Å². The third kappa shape index (κ3) is 10.2. The van der Waals surface area contributed by atoms with Crippen molar-refractivity contribution in [3.8, 4) is 16.9 Å². The van der Waals surface area contributed by atoms with Crippen LogP contribution in [0.15, 0.2) is 82.7 Å². The monoisotopic (exact) mass is 1020 g/mol. The van der Waals surface area contributed by atoms with E-state index in [0.717, 1.165) is 79.9 Å². The first-order valence-corrected chi connectivity index (χ1v) is 26.3. The van der Waals surface area contributed by atoms with Crippen molar-refractivity contribution >= 4 is 91.1 Å². The van der Waals surface area contributed by atoms with E-state index in [1.165, 1.54) is 4.57 Å². The fourth-order valence-electron chi connectivity index (χ4n) is 9.34. The average molecular weight is 1020 g/mol. The molecule has 2 amide bonds. The van der Waals surface area contributed by atoms with Crippen molar-refractivity contribution in [1.82, 2.24) is 49.1 Å². The molecule has 19 nitrogen and oxygen atoms in total. The molecule has 6 heterocycles. The molecule has 2 saturated heterocycles. The summed E-state index contributed by atoms with van der Waals surface area (Å²) in [7, 11) is 2.47. The number of carbonyl (C=O) groups excluding carboxylic acids is 2. The van der Waals surface area contributed by atoms with E-state index in [9.17, 15) is 18.9 Å². The highest BCUT2D eigenvalue weighted by Crippen LogP contribution is 2.43. The van der Waals surface area contributed by atoms with Crippen LogP contribution in [0.5, 0.6) is 5.75 Å². The molecule has 0 radical (unpaired) electrons. The predicted molar refractivity (Wildman–Crippen MR) is 271 cm³/mol. The molecule has 2 fully saturated rings. The number of aromatic nitrogens is 8. The first kappa shape index (κ1) is 47.6. The number of hydrogen-bond donors (Lipinski definition) is 3. The zero-order valence-corrected chi connectivity index (χ0v) is 41.7. The van der Waals surface area contributed by atoms with Crippen LogP contribution in [-0.4, -0.2) is 122 Å². The number of nitrogens with one attached hydrogen (secondary N) is 3. The Bertz CT molecular complexity index is 3180. The van der Waals surface area contributed by atoms with E-state index in [1.807, 2.05) is 49.8 Å². The number of imidazole rings is 1. The van der Waals surface area contributed by atoms with Gasteiger partial charge in [0.2, 0.25) is 17.8 Å². The minimum absolute atomic E-state index is 0.203. The van der Waals surface area contributed by atoms with Crippen LogP contribution in [0.4, 0.5) is 28.8 Å². The van der Waals surface area contributed by atoms with Crippen molar-refractivity contribution in [1.29, 1.82) is 0 Å². The Balaban J connectivity index is 0.815. The molecule has 9 rings (SSSR count). The van der Waals surface area contributed by atoms with E-state index in [-0.39, 0.29) is 18.0 Å². The number of hydrogen-bond acceptors (Lipinski definition) is 15. The minimum Gasteiger partial charge on any atom is -0.494 e. The highest BCUT2D eigenvalue weighted by Gasteiger charge is 2.32. The number of para-hydroxylation sites is 1. The summed E-state index contributed by atoms with van der Waals surface area (Å²) < 4.78 is 31.2. The summed E-state index contributed by atoms with van der Waals surface area (Å²) >= 11 is 3.60. The fraction of sp³-hybridized carbons (Fsp3) is 0.375. The third-order valence-corrected chi connectivity index (χ3v) is 14.8. The van der Waals surface area contributed by atoms with Gasteiger partial charge in [-0.15, -0.1) is 0 Å². The molecule has 0 spiro atoms. The SMILES string of the molecule is COc1cc(N2CCN(CCCOCCCc3cccc4c3n(C)c(=O)n4C3CCC(=O)NC3=O)CC2)c(-c2cnn(C)c2)cc1Nc1ncc(Br)c(Nc2ccc3nccnc3c2P(C)(C)=O)n1. The molecular formula is C48H55BrN13O6P. The van der Waals surface area contributed by atoms with Gasteiger partial charge in [-0.2, -0.15) is 10.1 Å². The third-order valence-electron chi connectivity index (χ3n) is 12.6. The molecule has 1 atom stereocenters. The number of nitrogens with zero attached hydrogens (tertiary/aromatic N) is 10. The standard InChI is InChI=1S/C48H55BrN13O6P/c1-58-29-31(27-53-58)32-25-36(55-47-52-28-33(49)45(57-47)54-35-13-12-34-42(51-17-16-50-34)44(35)69(4,5)66)40(67-3)26-39(32)61-21-19-60(20-22-61)18-8-24-68-23-7-10-30-9-6-11-37-43(30)59(2)48(65)62(37)38-14-15-41(63)56-46(38)64/h6,9,11-13,16-17,25-29,38H,7-8,10,14-15,18-24H2,1-5H3,(H,56,63,64)(H2,52,54,55,57). The largest absolute Gasteiger partial charge is 0.494 e. The summed E-state index contributed by atoms with van der Waals surface area (Å²) in [5.41, 5.74) is 7.76. The van der Waals surface area contributed by atoms with Gasteiger partial charge in [-0.25, -0.2) is 9.78 Å². The maximum absolute atomic E-state index is 13.6. The number of imide groups is 1. The molecule has 3 N–H and O–H groups in total. The second-order valence-electron chi connectivity index (χ2n) is 17.7. The topological polar surface area (TPSA) is 209 Å². The van der Waals surface area contributed by atoms with Crippen LogP contribution < -0.4 is 36.6 Å². The molecule has 4 aromatic heterocycles. The van der Waals surface area contributed by atoms with Gasteiger partial charge < -0.3 is 29.6 Å². The first-order valence-electron chi connectivity index (χ1n) is 22.9. The number of rotatable bonds is 17. The molecule has 7 aromatic rings. The van der Waals surface area contributed by atoms with E-state index in [1.54, 1.807) is 55.3 Å². The number of piperazine rings is 1. The van der Waals surface area contributed by atoms with E-state index in [4.69, 9.17) is 14.5 Å². The Hall–Kier alpha value is -6.47. The Morgan fingerprint density at radius 3 is 2.48 bits per heavy atom. The summed E-state index contributed by atoms with van der Waals surface area (Å²) in [6, 6.07) is 12.9. The van der Waals surface area contributed by atoms with Crippen LogP contribution >= 0.6 is 23.1 Å². The quantitative estimate of drug-likeness (QED) is 0.0534. The van der Waals surface area contributed by atoms with E-state index in [0.29, 0.717) is 74.9 Å². The van der Waals surface area contributed by atoms with E-state index < -0.39 is 19.1 Å². The lowest BCUT2D eigenvalue weighted by atomic mass is 10.0. The molecule has 21 heteroatoms. The Kier molecular flexibility index (Phi) is 14.0. The van der Waals surface area contributed by atoms with Crippen LogP contribution in [0.25, 0.3) is 33.2 Å². The van der Waals surface area contributed by atoms with Crippen molar-refractivity contribution in [2.45, 2.75) is 38.1 Å². The van der Waals surface area contributed by atoms with Crippen molar-refractivity contribution in [3.63, 3.8) is 0 Å². The maximum atomic E-state index is 13.6. The Morgan fingerprint density at radius 2 is 1.72 bits per heavy atom. The van der Waals surface area contributed by atoms with Gasteiger partial charge in [0, 0.05) is 114 Å². The van der Waals surface area contributed by atoms with Gasteiger partial charge in [-0.1, -0.05) is 12.1 Å². The number of ether oxygens (including phenoxy) is 2. The number of halogens is 1. The van der Waals surface area contributed by atoms with Gasteiger partial charge in [-0.05, 0) is 84.8 Å². The summed E-state index contributed by atoms with van der Waals surface area (Å²) in [6.45, 7) is 8.99. The van der Waals surface area contributed by atoms with Crippen molar-refractivity contribution in [2.24, 2.45) is 14.1 Å². The van der Waals surface area contributed by atoms with Crippen LogP contribution in [0.2, 0.25) is 0 Å². The fourth-order valence-corrected chi connectivity index (χ4v) is 11.0. The number of fused-ring (bicyclic) bond motifs is 2. The zero-order valence-electron chi connectivity index (χ0n) is 39.2. The number of amides is 2. The lowest BCUT2D eigenvalue weighted by molar-refractivity contribution is -0.135. The summed E-state index contributed by atoms with van der Waals surface area (Å²) in [4.78, 5) is 60.9. The molecule has 2 aliphatic heterocycles. The van der Waals surface area contributed by atoms with Gasteiger partial charge in [0.15, 0.2) is 0 Å². The molecule has 69 heavy (non-hydrogen) atoms. The maximum Gasteiger partial charge on any atom is 0.329 e. The molecular weight excluding hydrogens is 965 g/mol. The molecule has 3 aromatic carbocycles. The smallest absolute Gasteiger partial charge is 0.329 e. The highest BCUT2D eigenvalue weighted by atomic mass is 79.9. The number of piperidine rings is 1.